The van der Waals surface area contributed by atoms with Gasteiger partial charge >= 0.3 is 5.97 Å². The molecule has 0 saturated heterocycles. The molecule has 0 aliphatic rings. The number of rotatable bonds is 10. The third-order valence-corrected chi connectivity index (χ3v) is 7.09. The summed E-state index contributed by atoms with van der Waals surface area (Å²) in [5, 5.41) is 2.73. The molecule has 0 aromatic heterocycles. The fourth-order valence-electron chi connectivity index (χ4n) is 3.22. The van der Waals surface area contributed by atoms with Crippen LogP contribution < -0.4 is 9.62 Å². The Hall–Kier alpha value is -3.65. The van der Waals surface area contributed by atoms with Crippen molar-refractivity contribution in [1.29, 1.82) is 0 Å². The first-order valence-corrected chi connectivity index (χ1v) is 12.3. The summed E-state index contributed by atoms with van der Waals surface area (Å²) < 4.78 is 32.0. The van der Waals surface area contributed by atoms with Gasteiger partial charge in [-0.05, 0) is 55.3 Å². The molecule has 0 heterocycles. The van der Waals surface area contributed by atoms with E-state index in [1.807, 2.05) is 31.2 Å². The number of nitrogens with one attached hydrogen (secondary N) is 1. The van der Waals surface area contributed by atoms with Crippen molar-refractivity contribution < 1.29 is 22.7 Å². The van der Waals surface area contributed by atoms with Gasteiger partial charge in [-0.15, -0.1) is 0 Å². The van der Waals surface area contributed by atoms with E-state index in [0.717, 1.165) is 5.56 Å². The lowest BCUT2D eigenvalue weighted by Crippen LogP contribution is -2.28. The molecule has 3 aromatic rings. The first kappa shape index (κ1) is 25.0. The molecule has 0 radical (unpaired) electrons. The molecule has 0 aliphatic heterocycles. The Kier molecular flexibility index (Phi) is 8.43. The van der Waals surface area contributed by atoms with E-state index in [0.29, 0.717) is 18.5 Å². The number of aryl methyl sites for hydroxylation is 2. The summed E-state index contributed by atoms with van der Waals surface area (Å²) in [6.07, 6.45) is 0.991. The molecule has 3 rings (SSSR count). The van der Waals surface area contributed by atoms with Gasteiger partial charge < -0.3 is 10.1 Å². The number of anilines is 1. The number of hydrogen-bond acceptors (Lipinski definition) is 5. The van der Waals surface area contributed by atoms with Crippen LogP contribution >= 0.6 is 0 Å². The number of ether oxygens (including phenoxy) is 1. The third kappa shape index (κ3) is 6.68. The van der Waals surface area contributed by atoms with Gasteiger partial charge in [0.05, 0.1) is 22.7 Å². The molecule has 178 valence electrons. The Labute approximate surface area is 200 Å². The van der Waals surface area contributed by atoms with Crippen LogP contribution in [0.1, 0.15) is 27.9 Å². The molecule has 8 heteroatoms. The van der Waals surface area contributed by atoms with E-state index < -0.39 is 16.0 Å². The minimum Gasteiger partial charge on any atom is -0.460 e. The van der Waals surface area contributed by atoms with Crippen molar-refractivity contribution in [1.82, 2.24) is 5.32 Å². The normalized spacial score (nSPS) is 11.0. The van der Waals surface area contributed by atoms with Crippen LogP contribution in [-0.4, -0.2) is 40.5 Å². The Morgan fingerprint density at radius 3 is 2.21 bits per heavy atom. The highest BCUT2D eigenvalue weighted by Crippen LogP contribution is 2.22. The van der Waals surface area contributed by atoms with Crippen molar-refractivity contribution in [2.75, 3.05) is 24.5 Å². The SMILES string of the molecule is Cc1ccc(CCC(=O)NCCOC(=O)c2ccc(S(=O)(=O)N(C)c3ccccc3)cc2)cc1. The number of hydrogen-bond donors (Lipinski definition) is 1. The van der Waals surface area contributed by atoms with Gasteiger partial charge in [-0.3, -0.25) is 9.10 Å². The number of amides is 1. The van der Waals surface area contributed by atoms with Gasteiger partial charge in [0.15, 0.2) is 0 Å². The number of para-hydroxylation sites is 1. The standard InChI is InChI=1S/C26H28N2O5S/c1-20-8-10-21(11-9-20)12-17-25(29)27-18-19-33-26(30)22-13-15-24(16-14-22)34(31,32)28(2)23-6-4-3-5-7-23/h3-11,13-16H,12,17-19H2,1-2H3,(H,27,29). The zero-order valence-corrected chi connectivity index (χ0v) is 20.0. The summed E-state index contributed by atoms with van der Waals surface area (Å²) in [5.74, 6) is -0.706. The van der Waals surface area contributed by atoms with Crippen molar-refractivity contribution >= 4 is 27.6 Å². The second-order valence-electron chi connectivity index (χ2n) is 7.80. The molecule has 0 spiro atoms. The molecular weight excluding hydrogens is 452 g/mol. The van der Waals surface area contributed by atoms with E-state index in [2.05, 4.69) is 5.32 Å². The number of esters is 1. The Bertz CT molecular complexity index is 1210. The average Bonchev–Trinajstić information content (AvgIpc) is 2.86. The molecule has 0 unspecified atom stereocenters. The van der Waals surface area contributed by atoms with Gasteiger partial charge in [-0.1, -0.05) is 48.0 Å². The second-order valence-corrected chi connectivity index (χ2v) is 9.77. The Morgan fingerprint density at radius 1 is 0.912 bits per heavy atom. The molecule has 0 saturated carbocycles. The molecule has 1 amide bonds. The van der Waals surface area contributed by atoms with Crippen LogP contribution in [0.5, 0.6) is 0 Å². The van der Waals surface area contributed by atoms with Gasteiger partial charge in [0.25, 0.3) is 10.0 Å². The van der Waals surface area contributed by atoms with Crippen LogP contribution in [0.2, 0.25) is 0 Å². The average molecular weight is 481 g/mol. The second kappa shape index (κ2) is 11.5. The predicted octanol–water partition coefficient (Wildman–Crippen LogP) is 3.73. The molecule has 0 atom stereocenters. The Balaban J connectivity index is 1.44. The number of benzene rings is 3. The highest BCUT2D eigenvalue weighted by molar-refractivity contribution is 7.92. The van der Waals surface area contributed by atoms with Crippen LogP contribution in [-0.2, 0) is 26.0 Å². The van der Waals surface area contributed by atoms with E-state index in [4.69, 9.17) is 4.74 Å². The topological polar surface area (TPSA) is 92.8 Å². The maximum Gasteiger partial charge on any atom is 0.338 e. The van der Waals surface area contributed by atoms with Gasteiger partial charge in [-0.2, -0.15) is 0 Å². The molecule has 0 bridgehead atoms. The van der Waals surface area contributed by atoms with Gasteiger partial charge in [0.2, 0.25) is 5.91 Å². The van der Waals surface area contributed by atoms with Crippen LogP contribution in [0.25, 0.3) is 0 Å². The molecule has 0 aliphatic carbocycles. The van der Waals surface area contributed by atoms with Crippen molar-refractivity contribution in [3.8, 4) is 0 Å². The quantitative estimate of drug-likeness (QED) is 0.353. The number of nitrogens with zero attached hydrogens (tertiary/aromatic N) is 1. The number of sulfonamides is 1. The molecular formula is C26H28N2O5S. The monoisotopic (exact) mass is 480 g/mol. The first-order valence-electron chi connectivity index (χ1n) is 10.9. The molecule has 1 N–H and O–H groups in total. The summed E-state index contributed by atoms with van der Waals surface area (Å²) in [5.41, 5.74) is 3.03. The summed E-state index contributed by atoms with van der Waals surface area (Å²) in [6, 6.07) is 22.3. The lowest BCUT2D eigenvalue weighted by molar-refractivity contribution is -0.121. The van der Waals surface area contributed by atoms with Gasteiger partial charge in [0, 0.05) is 13.5 Å². The predicted molar refractivity (Wildman–Crippen MR) is 131 cm³/mol. The summed E-state index contributed by atoms with van der Waals surface area (Å²) in [4.78, 5) is 24.3. The number of carbonyl (C=O) groups excluding carboxylic acids is 2. The summed E-state index contributed by atoms with van der Waals surface area (Å²) in [6.45, 7) is 2.23. The lowest BCUT2D eigenvalue weighted by Gasteiger charge is -2.19. The van der Waals surface area contributed by atoms with Crippen LogP contribution in [0.4, 0.5) is 5.69 Å². The molecule has 34 heavy (non-hydrogen) atoms. The first-order chi connectivity index (χ1) is 16.3. The van der Waals surface area contributed by atoms with Gasteiger partial charge in [0.1, 0.15) is 6.61 Å². The van der Waals surface area contributed by atoms with Crippen molar-refractivity contribution in [3.05, 3.63) is 95.6 Å². The fourth-order valence-corrected chi connectivity index (χ4v) is 4.41. The Morgan fingerprint density at radius 2 is 1.56 bits per heavy atom. The largest absolute Gasteiger partial charge is 0.460 e. The third-order valence-electron chi connectivity index (χ3n) is 5.29. The number of carbonyl (C=O) groups is 2. The van der Waals surface area contributed by atoms with E-state index in [1.165, 1.54) is 41.2 Å². The smallest absolute Gasteiger partial charge is 0.338 e. The maximum absolute atomic E-state index is 12.8. The van der Waals surface area contributed by atoms with Crippen LogP contribution in [0, 0.1) is 6.92 Å². The highest BCUT2D eigenvalue weighted by atomic mass is 32.2. The minimum absolute atomic E-state index is 0.0197. The van der Waals surface area contributed by atoms with Crippen LogP contribution in [0.3, 0.4) is 0 Å². The molecule has 7 nitrogen and oxygen atoms in total. The van der Waals surface area contributed by atoms with E-state index >= 15 is 0 Å². The van der Waals surface area contributed by atoms with E-state index in [-0.39, 0.29) is 29.5 Å². The van der Waals surface area contributed by atoms with E-state index in [9.17, 15) is 18.0 Å². The zero-order chi connectivity index (χ0) is 24.6. The molecule has 0 fully saturated rings. The summed E-state index contributed by atoms with van der Waals surface area (Å²) in [7, 11) is -2.28. The highest BCUT2D eigenvalue weighted by Gasteiger charge is 2.21. The van der Waals surface area contributed by atoms with Crippen molar-refractivity contribution in [3.63, 3.8) is 0 Å². The van der Waals surface area contributed by atoms with Crippen molar-refractivity contribution in [2.45, 2.75) is 24.7 Å². The lowest BCUT2D eigenvalue weighted by atomic mass is 10.1. The fraction of sp³-hybridized carbons (Fsp3) is 0.231. The zero-order valence-electron chi connectivity index (χ0n) is 19.2. The van der Waals surface area contributed by atoms with Crippen molar-refractivity contribution in [2.24, 2.45) is 0 Å². The van der Waals surface area contributed by atoms with E-state index in [1.54, 1.807) is 30.3 Å². The minimum atomic E-state index is -3.76. The van der Waals surface area contributed by atoms with Crippen LogP contribution in [0.15, 0.2) is 83.8 Å². The van der Waals surface area contributed by atoms with Gasteiger partial charge in [-0.25, -0.2) is 13.2 Å². The molecule has 3 aromatic carbocycles. The summed E-state index contributed by atoms with van der Waals surface area (Å²) >= 11 is 0. The maximum atomic E-state index is 12.8.